The van der Waals surface area contributed by atoms with Crippen molar-refractivity contribution in [3.05, 3.63) is 58.7 Å². The van der Waals surface area contributed by atoms with Crippen LogP contribution in [0.25, 0.3) is 0 Å². The number of alkyl halides is 3. The number of sulfonamides is 1. The number of rotatable bonds is 6. The SMILES string of the molecule is Cc1cc(C)c(S(=O)(=O)NC(COc2ccccc2C)C(F)(F)F)c(C)c1. The van der Waals surface area contributed by atoms with Crippen molar-refractivity contribution in [1.82, 2.24) is 4.72 Å². The summed E-state index contributed by atoms with van der Waals surface area (Å²) in [6.07, 6.45) is -4.80. The molecule has 1 N–H and O–H groups in total. The van der Waals surface area contributed by atoms with Gasteiger partial charge in [0.2, 0.25) is 10.0 Å². The van der Waals surface area contributed by atoms with Gasteiger partial charge in [-0.1, -0.05) is 35.9 Å². The molecule has 0 saturated heterocycles. The smallest absolute Gasteiger partial charge is 0.408 e. The molecule has 2 rings (SSSR count). The highest BCUT2D eigenvalue weighted by Crippen LogP contribution is 2.27. The van der Waals surface area contributed by atoms with Crippen LogP contribution in [-0.4, -0.2) is 27.2 Å². The molecule has 0 aliphatic carbocycles. The standard InChI is InChI=1S/C19H22F3NO3S/c1-12-9-14(3)18(15(4)10-12)27(24,25)23-17(19(20,21)22)11-26-16-8-6-5-7-13(16)2/h5-10,17,23H,11H2,1-4H3. The third-order valence-electron chi connectivity index (χ3n) is 4.07. The highest BCUT2D eigenvalue weighted by molar-refractivity contribution is 7.89. The number of hydrogen-bond donors (Lipinski definition) is 1. The molecule has 8 heteroatoms. The number of aryl methyl sites for hydroxylation is 4. The Bertz CT molecular complexity index is 901. The van der Waals surface area contributed by atoms with E-state index in [-0.39, 0.29) is 10.6 Å². The lowest BCUT2D eigenvalue weighted by Gasteiger charge is -2.23. The molecule has 0 fully saturated rings. The second kappa shape index (κ2) is 7.90. The molecule has 0 amide bonds. The van der Waals surface area contributed by atoms with Crippen LogP contribution >= 0.6 is 0 Å². The predicted octanol–water partition coefficient (Wildman–Crippen LogP) is 4.21. The topological polar surface area (TPSA) is 55.4 Å². The molecule has 0 bridgehead atoms. The van der Waals surface area contributed by atoms with E-state index in [4.69, 9.17) is 4.74 Å². The summed E-state index contributed by atoms with van der Waals surface area (Å²) < 4.78 is 72.6. The van der Waals surface area contributed by atoms with Gasteiger partial charge < -0.3 is 4.74 Å². The third-order valence-corrected chi connectivity index (χ3v) is 5.84. The minimum atomic E-state index is -4.80. The fraction of sp³-hybridized carbons (Fsp3) is 0.368. The van der Waals surface area contributed by atoms with Crippen LogP contribution in [0.3, 0.4) is 0 Å². The molecule has 2 aromatic carbocycles. The largest absolute Gasteiger partial charge is 0.491 e. The number of benzene rings is 2. The van der Waals surface area contributed by atoms with Gasteiger partial charge in [0, 0.05) is 0 Å². The monoisotopic (exact) mass is 401 g/mol. The van der Waals surface area contributed by atoms with E-state index >= 15 is 0 Å². The summed E-state index contributed by atoms with van der Waals surface area (Å²) >= 11 is 0. The Hall–Kier alpha value is -2.06. The maximum atomic E-state index is 13.4. The average molecular weight is 401 g/mol. The van der Waals surface area contributed by atoms with E-state index in [0.717, 1.165) is 5.56 Å². The second-order valence-corrected chi connectivity index (χ2v) is 8.17. The van der Waals surface area contributed by atoms with Gasteiger partial charge in [0.05, 0.1) is 4.90 Å². The van der Waals surface area contributed by atoms with Crippen molar-refractivity contribution in [3.63, 3.8) is 0 Å². The Morgan fingerprint density at radius 2 is 1.56 bits per heavy atom. The first-order valence-electron chi connectivity index (χ1n) is 8.27. The summed E-state index contributed by atoms with van der Waals surface area (Å²) in [4.78, 5) is -0.141. The summed E-state index contributed by atoms with van der Waals surface area (Å²) in [5.41, 5.74) is 2.27. The van der Waals surface area contributed by atoms with E-state index < -0.39 is 28.8 Å². The number of ether oxygens (including phenoxy) is 1. The summed E-state index contributed by atoms with van der Waals surface area (Å²) in [6, 6.07) is 7.46. The third kappa shape index (κ3) is 5.23. The maximum absolute atomic E-state index is 13.4. The lowest BCUT2D eigenvalue weighted by atomic mass is 10.1. The van der Waals surface area contributed by atoms with Gasteiger partial charge in [0.15, 0.2) is 6.04 Å². The molecule has 0 aliphatic rings. The highest BCUT2D eigenvalue weighted by Gasteiger charge is 2.43. The molecular formula is C19H22F3NO3S. The molecule has 0 saturated carbocycles. The Kier molecular flexibility index (Phi) is 6.21. The summed E-state index contributed by atoms with van der Waals surface area (Å²) in [7, 11) is -4.39. The predicted molar refractivity (Wildman–Crippen MR) is 97.5 cm³/mol. The molecule has 1 unspecified atom stereocenters. The quantitative estimate of drug-likeness (QED) is 0.789. The van der Waals surface area contributed by atoms with Crippen molar-refractivity contribution in [2.75, 3.05) is 6.61 Å². The Morgan fingerprint density at radius 3 is 2.07 bits per heavy atom. The van der Waals surface area contributed by atoms with E-state index in [2.05, 4.69) is 0 Å². The zero-order chi connectivity index (χ0) is 20.4. The average Bonchev–Trinajstić information content (AvgIpc) is 2.50. The molecule has 27 heavy (non-hydrogen) atoms. The Morgan fingerprint density at radius 1 is 1.00 bits per heavy atom. The van der Waals surface area contributed by atoms with Crippen molar-refractivity contribution < 1.29 is 26.3 Å². The van der Waals surface area contributed by atoms with Gasteiger partial charge in [-0.15, -0.1) is 0 Å². The van der Waals surface area contributed by atoms with Crippen LogP contribution in [0.1, 0.15) is 22.3 Å². The van der Waals surface area contributed by atoms with E-state index in [1.54, 1.807) is 62.7 Å². The van der Waals surface area contributed by atoms with Gasteiger partial charge >= 0.3 is 6.18 Å². The van der Waals surface area contributed by atoms with E-state index in [1.807, 2.05) is 0 Å². The van der Waals surface area contributed by atoms with Crippen LogP contribution in [0.15, 0.2) is 41.3 Å². The second-order valence-electron chi connectivity index (χ2n) is 6.52. The Balaban J connectivity index is 2.29. The minimum Gasteiger partial charge on any atom is -0.491 e. The zero-order valence-corrected chi connectivity index (χ0v) is 16.3. The van der Waals surface area contributed by atoms with Crippen molar-refractivity contribution in [3.8, 4) is 5.75 Å². The zero-order valence-electron chi connectivity index (χ0n) is 15.5. The number of para-hydroxylation sites is 1. The molecule has 0 aromatic heterocycles. The molecule has 0 radical (unpaired) electrons. The number of nitrogens with one attached hydrogen (secondary N) is 1. The number of halogens is 3. The first kappa shape index (κ1) is 21.2. The van der Waals surface area contributed by atoms with E-state index in [1.165, 1.54) is 6.07 Å². The first-order valence-corrected chi connectivity index (χ1v) is 9.75. The molecule has 2 aromatic rings. The van der Waals surface area contributed by atoms with Crippen molar-refractivity contribution in [1.29, 1.82) is 0 Å². The molecule has 4 nitrogen and oxygen atoms in total. The molecule has 1 atom stereocenters. The summed E-state index contributed by atoms with van der Waals surface area (Å²) in [6.45, 7) is 5.74. The van der Waals surface area contributed by atoms with Crippen molar-refractivity contribution in [2.45, 2.75) is 44.8 Å². The highest BCUT2D eigenvalue weighted by atomic mass is 32.2. The fourth-order valence-electron chi connectivity index (χ4n) is 2.92. The van der Waals surface area contributed by atoms with Crippen LogP contribution < -0.4 is 9.46 Å². The van der Waals surface area contributed by atoms with Crippen LogP contribution in [0.5, 0.6) is 5.75 Å². The minimum absolute atomic E-state index is 0.141. The maximum Gasteiger partial charge on any atom is 0.408 e. The molecule has 0 spiro atoms. The Labute approximate surface area is 157 Å². The first-order chi connectivity index (χ1) is 12.4. The van der Waals surface area contributed by atoms with Crippen LogP contribution in [0.4, 0.5) is 13.2 Å². The van der Waals surface area contributed by atoms with E-state index in [0.29, 0.717) is 16.7 Å². The van der Waals surface area contributed by atoms with Gasteiger partial charge in [-0.05, 0) is 50.5 Å². The lowest BCUT2D eigenvalue weighted by molar-refractivity contribution is -0.157. The molecule has 0 heterocycles. The fourth-order valence-corrected chi connectivity index (χ4v) is 4.58. The van der Waals surface area contributed by atoms with Gasteiger partial charge in [-0.3, -0.25) is 0 Å². The van der Waals surface area contributed by atoms with Gasteiger partial charge in [0.1, 0.15) is 12.4 Å². The van der Waals surface area contributed by atoms with Gasteiger partial charge in [-0.25, -0.2) is 8.42 Å². The molecule has 148 valence electrons. The number of hydrogen-bond acceptors (Lipinski definition) is 3. The summed E-state index contributed by atoms with van der Waals surface area (Å²) in [5, 5.41) is 0. The van der Waals surface area contributed by atoms with Crippen LogP contribution in [0, 0.1) is 27.7 Å². The normalized spacial score (nSPS) is 13.4. The van der Waals surface area contributed by atoms with Gasteiger partial charge in [-0.2, -0.15) is 17.9 Å². The lowest BCUT2D eigenvalue weighted by Crippen LogP contribution is -2.49. The van der Waals surface area contributed by atoms with Crippen molar-refractivity contribution in [2.24, 2.45) is 0 Å². The van der Waals surface area contributed by atoms with Crippen molar-refractivity contribution >= 4 is 10.0 Å². The van der Waals surface area contributed by atoms with Crippen LogP contribution in [-0.2, 0) is 10.0 Å². The van der Waals surface area contributed by atoms with Gasteiger partial charge in [0.25, 0.3) is 0 Å². The summed E-state index contributed by atoms with van der Waals surface area (Å²) in [5.74, 6) is 0.272. The van der Waals surface area contributed by atoms with E-state index in [9.17, 15) is 21.6 Å². The molecule has 0 aliphatic heterocycles. The molecular weight excluding hydrogens is 379 g/mol. The van der Waals surface area contributed by atoms with Crippen LogP contribution in [0.2, 0.25) is 0 Å².